The number of ether oxygens (including phenoxy) is 4. The van der Waals surface area contributed by atoms with E-state index in [4.69, 9.17) is 18.9 Å². The van der Waals surface area contributed by atoms with E-state index in [2.05, 4.69) is 4.90 Å². The second kappa shape index (κ2) is 11.5. The van der Waals surface area contributed by atoms with Gasteiger partial charge in [0.1, 0.15) is 0 Å². The maximum atomic E-state index is 13.9. The highest BCUT2D eigenvalue weighted by atomic mass is 32.2. The van der Waals surface area contributed by atoms with Crippen LogP contribution in [-0.4, -0.2) is 71.4 Å². The van der Waals surface area contributed by atoms with Gasteiger partial charge in [0.05, 0.1) is 32.3 Å². The minimum atomic E-state index is -1.03. The number of nitrogens with zero attached hydrogens (tertiary/aromatic N) is 2. The number of thioether (sulfide) groups is 1. The number of para-hydroxylation sites is 1. The molecule has 0 N–H and O–H groups in total. The molecule has 0 radical (unpaired) electrons. The van der Waals surface area contributed by atoms with Crippen LogP contribution in [0.25, 0.3) is 0 Å². The van der Waals surface area contributed by atoms with Gasteiger partial charge in [-0.2, -0.15) is 0 Å². The Bertz CT molecular complexity index is 1000. The summed E-state index contributed by atoms with van der Waals surface area (Å²) in [7, 11) is 8.61. The van der Waals surface area contributed by atoms with E-state index in [9.17, 15) is 9.59 Å². The molecule has 1 heterocycles. The topological polar surface area (TPSA) is 77.5 Å². The summed E-state index contributed by atoms with van der Waals surface area (Å²) in [5, 5.41) is -0.523. The first kappa shape index (κ1) is 25.7. The maximum Gasteiger partial charge on any atom is 0.303 e. The molecule has 8 nitrogen and oxygen atoms in total. The van der Waals surface area contributed by atoms with Crippen LogP contribution in [0.3, 0.4) is 0 Å². The van der Waals surface area contributed by atoms with Gasteiger partial charge >= 0.3 is 5.97 Å². The van der Waals surface area contributed by atoms with Crippen molar-refractivity contribution in [2.24, 2.45) is 0 Å². The number of carbonyl (C=O) groups excluding carboxylic acids is 2. The molecular weight excluding hydrogens is 456 g/mol. The predicted octanol–water partition coefficient (Wildman–Crippen LogP) is 3.78. The second-order valence-corrected chi connectivity index (χ2v) is 9.32. The van der Waals surface area contributed by atoms with E-state index in [1.54, 1.807) is 17.0 Å². The number of esters is 1. The van der Waals surface area contributed by atoms with Gasteiger partial charge in [-0.1, -0.05) is 12.1 Å². The molecule has 1 aliphatic heterocycles. The van der Waals surface area contributed by atoms with E-state index in [1.165, 1.54) is 40.0 Å². The van der Waals surface area contributed by atoms with Crippen LogP contribution in [0.5, 0.6) is 17.2 Å². The van der Waals surface area contributed by atoms with Crippen molar-refractivity contribution in [1.29, 1.82) is 0 Å². The fraction of sp³-hybridized carbons (Fsp3) is 0.440. The normalized spacial score (nSPS) is 17.7. The third-order valence-corrected chi connectivity index (χ3v) is 6.86. The van der Waals surface area contributed by atoms with Gasteiger partial charge in [-0.15, -0.1) is 11.8 Å². The summed E-state index contributed by atoms with van der Waals surface area (Å²) < 4.78 is 22.2. The number of benzene rings is 2. The predicted molar refractivity (Wildman–Crippen MR) is 132 cm³/mol. The number of methoxy groups -OCH3 is 3. The summed E-state index contributed by atoms with van der Waals surface area (Å²) in [4.78, 5) is 30.7. The van der Waals surface area contributed by atoms with E-state index in [0.717, 1.165) is 29.1 Å². The fourth-order valence-corrected chi connectivity index (χ4v) is 5.25. The lowest BCUT2D eigenvalue weighted by atomic mass is 10.0. The summed E-state index contributed by atoms with van der Waals surface area (Å²) in [6, 6.07) is 11.4. The minimum Gasteiger partial charge on any atom is -0.493 e. The number of anilines is 1. The molecule has 1 aliphatic rings. The first-order valence-electron chi connectivity index (χ1n) is 11.0. The van der Waals surface area contributed by atoms with Crippen LogP contribution in [0.1, 0.15) is 24.2 Å². The van der Waals surface area contributed by atoms with Gasteiger partial charge in [-0.05, 0) is 56.9 Å². The van der Waals surface area contributed by atoms with Gasteiger partial charge in [-0.25, -0.2) is 0 Å². The molecule has 2 aromatic carbocycles. The number of carbonyl (C=O) groups is 2. The Hall–Kier alpha value is -2.91. The first-order chi connectivity index (χ1) is 16.3. The van der Waals surface area contributed by atoms with E-state index < -0.39 is 17.3 Å². The lowest BCUT2D eigenvalue weighted by Gasteiger charge is -2.28. The lowest BCUT2D eigenvalue weighted by Crippen LogP contribution is -2.43. The van der Waals surface area contributed by atoms with Gasteiger partial charge in [0.15, 0.2) is 17.6 Å². The molecule has 0 bridgehead atoms. The fourth-order valence-electron chi connectivity index (χ4n) is 3.96. The Morgan fingerprint density at radius 2 is 1.71 bits per heavy atom. The van der Waals surface area contributed by atoms with Crippen molar-refractivity contribution in [3.8, 4) is 17.2 Å². The van der Waals surface area contributed by atoms with Gasteiger partial charge in [0.25, 0.3) is 5.91 Å². The zero-order chi connectivity index (χ0) is 24.8. The van der Waals surface area contributed by atoms with Gasteiger partial charge in [-0.3, -0.25) is 9.59 Å². The summed E-state index contributed by atoms with van der Waals surface area (Å²) >= 11 is 1.48. The van der Waals surface area contributed by atoms with Gasteiger partial charge in [0, 0.05) is 18.4 Å². The largest absolute Gasteiger partial charge is 0.493 e. The summed E-state index contributed by atoms with van der Waals surface area (Å²) in [5.74, 6) is 0.605. The van der Waals surface area contributed by atoms with E-state index in [0.29, 0.717) is 23.8 Å². The molecule has 0 saturated heterocycles. The summed E-state index contributed by atoms with van der Waals surface area (Å²) in [6.07, 6.45) is -0.253. The lowest BCUT2D eigenvalue weighted by molar-refractivity contribution is -0.152. The third-order valence-electron chi connectivity index (χ3n) is 5.49. The third kappa shape index (κ3) is 5.59. The molecule has 34 heavy (non-hydrogen) atoms. The van der Waals surface area contributed by atoms with Crippen molar-refractivity contribution in [3.63, 3.8) is 0 Å². The Kier molecular flexibility index (Phi) is 8.68. The van der Waals surface area contributed by atoms with E-state index in [1.807, 2.05) is 38.4 Å². The Morgan fingerprint density at radius 1 is 1.06 bits per heavy atom. The molecule has 2 aromatic rings. The van der Waals surface area contributed by atoms with Crippen LogP contribution >= 0.6 is 11.8 Å². The van der Waals surface area contributed by atoms with Crippen molar-refractivity contribution >= 4 is 29.3 Å². The van der Waals surface area contributed by atoms with Crippen LogP contribution in [0.4, 0.5) is 5.69 Å². The SMILES string of the molecule is COc1cc(C2Sc3ccccc3N(CCCN(C)C)C(=O)C2OC(C)=O)cc(OC)c1OC. The number of rotatable bonds is 9. The molecule has 0 fully saturated rings. The highest BCUT2D eigenvalue weighted by Crippen LogP contribution is 2.49. The van der Waals surface area contributed by atoms with Crippen LogP contribution in [-0.2, 0) is 14.3 Å². The zero-order valence-corrected chi connectivity index (χ0v) is 21.3. The smallest absolute Gasteiger partial charge is 0.303 e. The van der Waals surface area contributed by atoms with E-state index in [-0.39, 0.29) is 5.91 Å². The monoisotopic (exact) mass is 488 g/mol. The summed E-state index contributed by atoms with van der Waals surface area (Å²) in [5.41, 5.74) is 1.53. The number of amides is 1. The highest BCUT2D eigenvalue weighted by Gasteiger charge is 2.41. The van der Waals surface area contributed by atoms with Crippen molar-refractivity contribution < 1.29 is 28.5 Å². The molecule has 9 heteroatoms. The number of fused-ring (bicyclic) bond motifs is 1. The van der Waals surface area contributed by atoms with Crippen molar-refractivity contribution in [2.75, 3.05) is 53.4 Å². The van der Waals surface area contributed by atoms with E-state index >= 15 is 0 Å². The average molecular weight is 489 g/mol. The molecule has 184 valence electrons. The van der Waals surface area contributed by atoms with Crippen molar-refractivity contribution in [3.05, 3.63) is 42.0 Å². The Balaban J connectivity index is 2.12. The van der Waals surface area contributed by atoms with Crippen LogP contribution in [0.2, 0.25) is 0 Å². The molecule has 0 aliphatic carbocycles. The second-order valence-electron chi connectivity index (χ2n) is 8.14. The first-order valence-corrected chi connectivity index (χ1v) is 11.9. The maximum absolute atomic E-state index is 13.9. The van der Waals surface area contributed by atoms with Crippen LogP contribution in [0.15, 0.2) is 41.3 Å². The molecule has 1 amide bonds. The minimum absolute atomic E-state index is 0.259. The Morgan fingerprint density at radius 3 is 2.26 bits per heavy atom. The zero-order valence-electron chi connectivity index (χ0n) is 20.5. The number of hydrogen-bond acceptors (Lipinski definition) is 8. The summed E-state index contributed by atoms with van der Waals surface area (Å²) in [6.45, 7) is 2.65. The van der Waals surface area contributed by atoms with Gasteiger partial charge in [0.2, 0.25) is 5.75 Å². The van der Waals surface area contributed by atoms with Crippen molar-refractivity contribution in [2.45, 2.75) is 29.6 Å². The molecule has 0 spiro atoms. The highest BCUT2D eigenvalue weighted by molar-refractivity contribution is 7.99. The molecule has 3 rings (SSSR count). The molecule has 0 saturated carbocycles. The molecule has 2 atom stereocenters. The molecule has 0 aromatic heterocycles. The molecular formula is C25H32N2O6S. The standard InChI is InChI=1S/C25H32N2O6S/c1-16(28)33-23-24(17-14-19(30-4)22(32-6)20(15-17)31-5)34-21-11-8-7-10-18(21)27(25(23)29)13-9-12-26(2)3/h7-8,10-11,14-15,23-24H,9,12-13H2,1-6H3. The average Bonchev–Trinajstić information content (AvgIpc) is 2.93. The molecule has 2 unspecified atom stereocenters. The number of hydrogen-bond donors (Lipinski definition) is 0. The van der Waals surface area contributed by atoms with Crippen molar-refractivity contribution in [1.82, 2.24) is 4.90 Å². The van der Waals surface area contributed by atoms with Crippen LogP contribution in [0, 0.1) is 0 Å². The van der Waals surface area contributed by atoms with Gasteiger partial charge < -0.3 is 28.7 Å². The van der Waals surface area contributed by atoms with Crippen LogP contribution < -0.4 is 19.1 Å². The Labute approximate surface area is 205 Å². The quantitative estimate of drug-likeness (QED) is 0.494.